The Morgan fingerprint density at radius 2 is 1.45 bits per heavy atom. The first-order valence-electron chi connectivity index (χ1n) is 14.6. The van der Waals surface area contributed by atoms with E-state index in [0.717, 1.165) is 42.0 Å². The maximum absolute atomic E-state index is 14.5. The predicted molar refractivity (Wildman–Crippen MR) is 162 cm³/mol. The Bertz CT molecular complexity index is 1650. The second-order valence-electron chi connectivity index (χ2n) is 11.5. The molecule has 0 atom stereocenters. The number of aromatic nitrogens is 3. The monoisotopic (exact) mass is 789 g/mol. The van der Waals surface area contributed by atoms with Crippen LogP contribution in [0.5, 0.6) is 0 Å². The molecule has 239 valence electrons. The average Bonchev–Trinajstić information content (AvgIpc) is 2.99. The SMILES string of the molecule is CC(C)(C)c1cc(-c2nnnc3c(F)c(F)c(F)c(F)c23)[c-]c2ccccc12.CCC(CC)C(=O)/C=C(\O)C(CC)CC.[Ir]. The van der Waals surface area contributed by atoms with Crippen molar-refractivity contribution in [2.24, 2.45) is 11.8 Å². The summed E-state index contributed by atoms with van der Waals surface area (Å²) in [5, 5.41) is 21.4. The fourth-order valence-corrected chi connectivity index (χ4v) is 5.04. The van der Waals surface area contributed by atoms with Crippen molar-refractivity contribution in [2.45, 2.75) is 79.6 Å². The fourth-order valence-electron chi connectivity index (χ4n) is 5.04. The number of ketones is 1. The van der Waals surface area contributed by atoms with E-state index in [1.54, 1.807) is 6.07 Å². The van der Waals surface area contributed by atoms with Gasteiger partial charge in [0.05, 0.1) is 5.76 Å². The van der Waals surface area contributed by atoms with E-state index in [4.69, 9.17) is 0 Å². The Labute approximate surface area is 269 Å². The fraction of sp³-hybridized carbons (Fsp3) is 0.412. The van der Waals surface area contributed by atoms with Gasteiger partial charge in [0, 0.05) is 49.1 Å². The molecule has 5 nitrogen and oxygen atoms in total. The van der Waals surface area contributed by atoms with Crippen LogP contribution in [0.1, 0.15) is 79.7 Å². The number of nitrogens with zero attached hydrogens (tertiary/aromatic N) is 3. The third kappa shape index (κ3) is 7.88. The van der Waals surface area contributed by atoms with Gasteiger partial charge in [0.2, 0.25) is 0 Å². The number of halogens is 4. The van der Waals surface area contributed by atoms with Crippen LogP contribution in [0.2, 0.25) is 0 Å². The van der Waals surface area contributed by atoms with Gasteiger partial charge in [-0.2, -0.15) is 5.10 Å². The number of allylic oxidation sites excluding steroid dienone is 2. The van der Waals surface area contributed by atoms with Crippen LogP contribution < -0.4 is 0 Å². The molecule has 44 heavy (non-hydrogen) atoms. The molecule has 0 fully saturated rings. The third-order valence-corrected chi connectivity index (χ3v) is 7.69. The molecule has 1 radical (unpaired) electrons. The Hall–Kier alpha value is -3.23. The quantitative estimate of drug-likeness (QED) is 0.0481. The van der Waals surface area contributed by atoms with Gasteiger partial charge in [0.25, 0.3) is 0 Å². The van der Waals surface area contributed by atoms with Gasteiger partial charge in [-0.15, -0.1) is 34.2 Å². The van der Waals surface area contributed by atoms with Crippen molar-refractivity contribution in [1.29, 1.82) is 0 Å². The van der Waals surface area contributed by atoms with Crippen molar-refractivity contribution >= 4 is 27.5 Å². The molecule has 0 aliphatic heterocycles. The van der Waals surface area contributed by atoms with Gasteiger partial charge in [0.1, 0.15) is 5.52 Å². The Morgan fingerprint density at radius 1 is 0.886 bits per heavy atom. The molecule has 0 bridgehead atoms. The molecule has 10 heteroatoms. The molecule has 4 aromatic rings. The second-order valence-corrected chi connectivity index (χ2v) is 11.5. The summed E-state index contributed by atoms with van der Waals surface area (Å²) in [6, 6.07) is 12.3. The molecule has 0 saturated heterocycles. The molecule has 0 unspecified atom stereocenters. The van der Waals surface area contributed by atoms with Crippen molar-refractivity contribution in [2.75, 3.05) is 0 Å². The van der Waals surface area contributed by atoms with Crippen LogP contribution in [0.15, 0.2) is 42.2 Å². The maximum atomic E-state index is 14.5. The predicted octanol–water partition coefficient (Wildman–Crippen LogP) is 9.37. The molecule has 1 heterocycles. The van der Waals surface area contributed by atoms with Crippen LogP contribution in [-0.4, -0.2) is 26.3 Å². The van der Waals surface area contributed by atoms with E-state index in [-0.39, 0.29) is 60.2 Å². The number of hydrogen-bond donors (Lipinski definition) is 1. The summed E-state index contributed by atoms with van der Waals surface area (Å²) in [5.74, 6) is -6.48. The first-order valence-corrected chi connectivity index (χ1v) is 14.6. The summed E-state index contributed by atoms with van der Waals surface area (Å²) < 4.78 is 56.1. The largest absolute Gasteiger partial charge is 0.512 e. The van der Waals surface area contributed by atoms with E-state index >= 15 is 0 Å². The number of fused-ring (bicyclic) bond motifs is 2. The minimum absolute atomic E-state index is 0. The Balaban J connectivity index is 0.000000363. The third-order valence-electron chi connectivity index (χ3n) is 7.69. The molecule has 3 aromatic carbocycles. The molecule has 4 rings (SSSR count). The Kier molecular flexibility index (Phi) is 13.2. The van der Waals surface area contributed by atoms with E-state index in [0.29, 0.717) is 0 Å². The second kappa shape index (κ2) is 15.7. The molecule has 1 N–H and O–H groups in total. The summed E-state index contributed by atoms with van der Waals surface area (Å²) in [6.45, 7) is 14.1. The van der Waals surface area contributed by atoms with E-state index in [1.807, 2.05) is 72.7 Å². The summed E-state index contributed by atoms with van der Waals surface area (Å²) in [6.07, 6.45) is 4.91. The molecular formula is C34H38F4IrN3O2-. The summed E-state index contributed by atoms with van der Waals surface area (Å²) in [5.41, 5.74) is 0.0256. The number of carbonyl (C=O) groups excluding carboxylic acids is 1. The molecular weight excluding hydrogens is 751 g/mol. The molecule has 1 aromatic heterocycles. The van der Waals surface area contributed by atoms with Gasteiger partial charge < -0.3 is 5.11 Å². The zero-order valence-corrected chi connectivity index (χ0v) is 28.4. The van der Waals surface area contributed by atoms with E-state index < -0.39 is 34.2 Å². The summed E-state index contributed by atoms with van der Waals surface area (Å²) in [7, 11) is 0. The average molecular weight is 789 g/mol. The molecule has 0 aliphatic rings. The van der Waals surface area contributed by atoms with Gasteiger partial charge >= 0.3 is 0 Å². The number of aliphatic hydroxyl groups excluding tert-OH is 1. The maximum Gasteiger partial charge on any atom is 0.199 e. The van der Waals surface area contributed by atoms with Crippen LogP contribution in [0.3, 0.4) is 0 Å². The van der Waals surface area contributed by atoms with Crippen molar-refractivity contribution in [1.82, 2.24) is 15.4 Å². The van der Waals surface area contributed by atoms with Crippen LogP contribution in [0.4, 0.5) is 17.6 Å². The molecule has 0 amide bonds. The standard InChI is InChI=1S/C21H14F4N3.C13H24O2.Ir/c1-21(2,3)13-9-11(8-10-6-4-5-7-12(10)13)19-14-15(22)16(23)17(24)18(25)20(14)27-28-26-19;1-5-10(6-2)12(14)9-13(15)11(7-3)8-4;/h4-7,9H,1-3H3;9-11,14H,5-8H2,1-4H3;/q-1;;/b;12-9-;. The number of hydrogen-bond acceptors (Lipinski definition) is 5. The van der Waals surface area contributed by atoms with Gasteiger partial charge in [-0.25, -0.2) is 17.6 Å². The molecule has 0 aliphatic carbocycles. The zero-order valence-electron chi connectivity index (χ0n) is 26.0. The number of aliphatic hydroxyl groups is 1. The Morgan fingerprint density at radius 3 is 2.02 bits per heavy atom. The zero-order chi connectivity index (χ0) is 32.1. The van der Waals surface area contributed by atoms with Crippen LogP contribution >= 0.6 is 0 Å². The number of benzene rings is 3. The smallest absolute Gasteiger partial charge is 0.199 e. The number of rotatable bonds is 8. The van der Waals surface area contributed by atoms with Crippen LogP contribution in [0.25, 0.3) is 32.9 Å². The summed E-state index contributed by atoms with van der Waals surface area (Å²) in [4.78, 5) is 11.7. The van der Waals surface area contributed by atoms with Crippen LogP contribution in [0, 0.1) is 41.2 Å². The van der Waals surface area contributed by atoms with E-state index in [9.17, 15) is 27.5 Å². The van der Waals surface area contributed by atoms with Gasteiger partial charge in [-0.3, -0.25) is 4.79 Å². The van der Waals surface area contributed by atoms with Gasteiger partial charge in [-0.1, -0.05) is 82.8 Å². The minimum Gasteiger partial charge on any atom is -0.512 e. The number of carbonyl (C=O) groups is 1. The normalized spacial score (nSPS) is 12.0. The van der Waals surface area contributed by atoms with Crippen molar-refractivity contribution < 1.29 is 47.6 Å². The first-order chi connectivity index (χ1) is 20.3. The van der Waals surface area contributed by atoms with Crippen molar-refractivity contribution in [3.05, 3.63) is 77.1 Å². The first kappa shape index (κ1) is 37.0. The van der Waals surface area contributed by atoms with E-state index in [2.05, 4.69) is 21.5 Å². The molecule has 0 saturated carbocycles. The minimum atomic E-state index is -1.94. The van der Waals surface area contributed by atoms with Crippen molar-refractivity contribution in [3.63, 3.8) is 0 Å². The van der Waals surface area contributed by atoms with Gasteiger partial charge in [-0.05, 0) is 31.1 Å². The summed E-state index contributed by atoms with van der Waals surface area (Å²) >= 11 is 0. The van der Waals surface area contributed by atoms with Gasteiger partial charge in [0.15, 0.2) is 29.1 Å². The molecule has 0 spiro atoms. The topological polar surface area (TPSA) is 76.0 Å². The van der Waals surface area contributed by atoms with Crippen molar-refractivity contribution in [3.8, 4) is 11.3 Å². The van der Waals surface area contributed by atoms with E-state index in [1.165, 1.54) is 6.08 Å². The van der Waals surface area contributed by atoms with Crippen LogP contribution in [-0.2, 0) is 30.3 Å².